The smallest absolute Gasteiger partial charge is 0.352 e. The van der Waals surface area contributed by atoms with Crippen molar-refractivity contribution in [3.8, 4) is 0 Å². The normalized spacial score (nSPS) is 22.0. The van der Waals surface area contributed by atoms with Crippen LogP contribution in [0.4, 0.5) is 5.69 Å². The molecule has 0 aromatic carbocycles. The van der Waals surface area contributed by atoms with Gasteiger partial charge in [0.1, 0.15) is 22.8 Å². The Kier molecular flexibility index (Phi) is 4.22. The number of aliphatic carboxylic acids is 1. The summed E-state index contributed by atoms with van der Waals surface area (Å²) in [5.74, 6) is -2.21. The summed E-state index contributed by atoms with van der Waals surface area (Å²) in [6.45, 7) is 3.09. The van der Waals surface area contributed by atoms with Crippen molar-refractivity contribution in [2.75, 3.05) is 5.75 Å². The maximum Gasteiger partial charge on any atom is 0.352 e. The Morgan fingerprint density at radius 2 is 2.08 bits per heavy atom. The number of fused-ring (bicyclic) bond motifs is 1. The minimum atomic E-state index is -1.21. The van der Waals surface area contributed by atoms with Gasteiger partial charge in [-0.2, -0.15) is 5.10 Å². The number of β-lactam (4-membered cyclic amide) rings is 1. The van der Waals surface area contributed by atoms with Crippen molar-refractivity contribution in [3.63, 3.8) is 0 Å². The monoisotopic (exact) mass is 381 g/mol. The molecule has 0 unspecified atom stereocenters. The lowest BCUT2D eigenvalue weighted by molar-refractivity contribution is -0.385. The average molecular weight is 381 g/mol. The van der Waals surface area contributed by atoms with E-state index in [1.165, 1.54) is 30.4 Å². The highest BCUT2D eigenvalue weighted by Gasteiger charge is 2.54. The van der Waals surface area contributed by atoms with E-state index in [0.717, 1.165) is 4.90 Å². The van der Waals surface area contributed by atoms with Gasteiger partial charge in [0.15, 0.2) is 0 Å². The molecule has 2 atom stereocenters. The number of hydrogen-bond acceptors (Lipinski definition) is 7. The van der Waals surface area contributed by atoms with Gasteiger partial charge < -0.3 is 10.4 Å². The van der Waals surface area contributed by atoms with Crippen LogP contribution >= 0.6 is 11.8 Å². The third-order valence-electron chi connectivity index (χ3n) is 4.35. The summed E-state index contributed by atoms with van der Waals surface area (Å²) < 4.78 is 1.21. The van der Waals surface area contributed by atoms with Crippen molar-refractivity contribution in [3.05, 3.63) is 32.8 Å². The SMILES string of the molecule is CC1=C(C(=O)O)N2C(=O)[C@H](NC(=O)c3nn(C)c(C)c3[N+](=O)[O-])[C@H]2SC1. The minimum Gasteiger partial charge on any atom is -0.477 e. The first-order valence-corrected chi connectivity index (χ1v) is 8.56. The van der Waals surface area contributed by atoms with Gasteiger partial charge in [-0.05, 0) is 19.4 Å². The number of nitrogens with zero attached hydrogens (tertiary/aromatic N) is 4. The summed E-state index contributed by atoms with van der Waals surface area (Å²) in [5.41, 5.74) is -0.114. The van der Waals surface area contributed by atoms with Gasteiger partial charge >= 0.3 is 11.7 Å². The summed E-state index contributed by atoms with van der Waals surface area (Å²) in [4.78, 5) is 47.8. The molecular weight excluding hydrogens is 366 g/mol. The minimum absolute atomic E-state index is 0.0797. The van der Waals surface area contributed by atoms with Crippen LogP contribution in [0.1, 0.15) is 23.1 Å². The standard InChI is InChI=1S/C14H15N5O6S/c1-5-4-26-13-8(12(21)18(13)9(5)14(22)23)15-11(20)7-10(19(24)25)6(2)17(3)16-7/h8,13H,4H2,1-3H3,(H,15,20)(H,22,23)/t8-,13+/m0/s1. The third-order valence-corrected chi connectivity index (χ3v) is 5.77. The zero-order chi connectivity index (χ0) is 19.3. The van der Waals surface area contributed by atoms with E-state index < -0.39 is 39.8 Å². The Hall–Kier alpha value is -2.89. The van der Waals surface area contributed by atoms with Gasteiger partial charge in [0, 0.05) is 12.8 Å². The van der Waals surface area contributed by atoms with Gasteiger partial charge in [0.25, 0.3) is 11.8 Å². The molecule has 1 saturated heterocycles. The van der Waals surface area contributed by atoms with Crippen LogP contribution in [-0.2, 0) is 16.6 Å². The van der Waals surface area contributed by atoms with E-state index in [1.807, 2.05) is 0 Å². The number of amides is 2. The summed E-state index contributed by atoms with van der Waals surface area (Å²) >= 11 is 1.32. The van der Waals surface area contributed by atoms with Crippen LogP contribution in [0.5, 0.6) is 0 Å². The van der Waals surface area contributed by atoms with E-state index in [4.69, 9.17) is 0 Å². The number of nitro groups is 1. The third kappa shape index (κ3) is 2.53. The maximum absolute atomic E-state index is 12.4. The molecule has 0 bridgehead atoms. The number of rotatable bonds is 4. The second-order valence-electron chi connectivity index (χ2n) is 5.96. The quantitative estimate of drug-likeness (QED) is 0.421. The molecule has 3 heterocycles. The first-order valence-electron chi connectivity index (χ1n) is 7.51. The molecule has 26 heavy (non-hydrogen) atoms. The van der Waals surface area contributed by atoms with E-state index in [1.54, 1.807) is 6.92 Å². The molecule has 1 fully saturated rings. The van der Waals surface area contributed by atoms with Crippen LogP contribution in [0.2, 0.25) is 0 Å². The van der Waals surface area contributed by atoms with Gasteiger partial charge in [-0.25, -0.2) is 4.79 Å². The maximum atomic E-state index is 12.4. The number of thioether (sulfide) groups is 1. The molecule has 0 radical (unpaired) electrons. The van der Waals surface area contributed by atoms with Crippen molar-refractivity contribution < 1.29 is 24.4 Å². The van der Waals surface area contributed by atoms with Gasteiger partial charge in [0.2, 0.25) is 5.69 Å². The molecule has 2 amide bonds. The number of carbonyl (C=O) groups excluding carboxylic acids is 2. The highest BCUT2D eigenvalue weighted by molar-refractivity contribution is 8.00. The summed E-state index contributed by atoms with van der Waals surface area (Å²) in [6, 6.07) is -0.961. The summed E-state index contributed by atoms with van der Waals surface area (Å²) in [5, 5.41) is 26.2. The highest BCUT2D eigenvalue weighted by Crippen LogP contribution is 2.40. The number of aryl methyl sites for hydroxylation is 1. The zero-order valence-corrected chi connectivity index (χ0v) is 14.9. The lowest BCUT2D eigenvalue weighted by Gasteiger charge is -2.49. The van der Waals surface area contributed by atoms with Crippen LogP contribution in [0, 0.1) is 17.0 Å². The second kappa shape index (κ2) is 6.12. The van der Waals surface area contributed by atoms with Crippen molar-refractivity contribution >= 4 is 35.2 Å². The molecule has 0 aliphatic carbocycles. The molecule has 0 spiro atoms. The Labute approximate surface area is 151 Å². The largest absolute Gasteiger partial charge is 0.477 e. The first kappa shape index (κ1) is 17.9. The molecule has 11 nitrogen and oxygen atoms in total. The number of aromatic nitrogens is 2. The number of nitrogens with one attached hydrogen (secondary N) is 1. The number of carbonyl (C=O) groups is 3. The predicted molar refractivity (Wildman–Crippen MR) is 89.3 cm³/mol. The van der Waals surface area contributed by atoms with E-state index >= 15 is 0 Å². The van der Waals surface area contributed by atoms with E-state index in [2.05, 4.69) is 10.4 Å². The van der Waals surface area contributed by atoms with Crippen LogP contribution < -0.4 is 5.32 Å². The van der Waals surface area contributed by atoms with Gasteiger partial charge in [-0.3, -0.25) is 29.3 Å². The molecule has 1 aromatic heterocycles. The van der Waals surface area contributed by atoms with Gasteiger partial charge in [-0.1, -0.05) is 0 Å². The summed E-state index contributed by atoms with van der Waals surface area (Å²) in [7, 11) is 1.47. The molecule has 12 heteroatoms. The van der Waals surface area contributed by atoms with E-state index in [9.17, 15) is 29.6 Å². The number of hydrogen-bond donors (Lipinski definition) is 2. The van der Waals surface area contributed by atoms with E-state index in [0.29, 0.717) is 11.3 Å². The molecule has 2 aliphatic rings. The number of carboxylic acid groups (broad SMARTS) is 1. The Morgan fingerprint density at radius 3 is 2.65 bits per heavy atom. The van der Waals surface area contributed by atoms with Gasteiger partial charge in [-0.15, -0.1) is 11.8 Å². The van der Waals surface area contributed by atoms with E-state index in [-0.39, 0.29) is 17.1 Å². The Balaban J connectivity index is 1.83. The molecule has 1 aromatic rings. The molecule has 0 saturated carbocycles. The van der Waals surface area contributed by atoms with Crippen LogP contribution in [0.3, 0.4) is 0 Å². The highest BCUT2D eigenvalue weighted by atomic mass is 32.2. The van der Waals surface area contributed by atoms with Crippen molar-refractivity contribution in [2.24, 2.45) is 7.05 Å². The van der Waals surface area contributed by atoms with Crippen LogP contribution in [0.15, 0.2) is 11.3 Å². The molecule has 138 valence electrons. The molecule has 3 rings (SSSR count). The molecular formula is C14H15N5O6S. The van der Waals surface area contributed by atoms with Gasteiger partial charge in [0.05, 0.1) is 4.92 Å². The predicted octanol–water partition coefficient (Wildman–Crippen LogP) is 0.00882. The second-order valence-corrected chi connectivity index (χ2v) is 7.06. The number of carboxylic acids is 1. The van der Waals surface area contributed by atoms with Crippen molar-refractivity contribution in [1.82, 2.24) is 20.0 Å². The molecule has 2 N–H and O–H groups in total. The van der Waals surface area contributed by atoms with Crippen LogP contribution in [-0.4, -0.2) is 59.7 Å². The Morgan fingerprint density at radius 1 is 1.42 bits per heavy atom. The fraction of sp³-hybridized carbons (Fsp3) is 0.429. The van der Waals surface area contributed by atoms with Crippen molar-refractivity contribution in [1.29, 1.82) is 0 Å². The summed E-state index contributed by atoms with van der Waals surface area (Å²) in [6.07, 6.45) is 0. The Bertz CT molecular complexity index is 891. The fourth-order valence-corrected chi connectivity index (χ4v) is 4.25. The van der Waals surface area contributed by atoms with Crippen LogP contribution in [0.25, 0.3) is 0 Å². The molecule has 2 aliphatic heterocycles. The first-order chi connectivity index (χ1) is 12.1. The topological polar surface area (TPSA) is 148 Å². The zero-order valence-electron chi connectivity index (χ0n) is 14.0. The fourth-order valence-electron chi connectivity index (χ4n) is 2.95. The lowest BCUT2D eigenvalue weighted by Crippen LogP contribution is -2.70. The lowest BCUT2D eigenvalue weighted by atomic mass is 10.0. The average Bonchev–Trinajstić information content (AvgIpc) is 2.87. The van der Waals surface area contributed by atoms with Crippen molar-refractivity contribution in [2.45, 2.75) is 25.3 Å².